The van der Waals surface area contributed by atoms with Gasteiger partial charge in [0.05, 0.1) is 17.5 Å². The molecule has 102 valence electrons. The molecule has 0 aliphatic carbocycles. The van der Waals surface area contributed by atoms with E-state index < -0.39 is 0 Å². The third-order valence-corrected chi connectivity index (χ3v) is 3.82. The lowest BCUT2D eigenvalue weighted by Crippen LogP contribution is -2.31. The fraction of sp³-hybridized carbons (Fsp3) is 0.385. The van der Waals surface area contributed by atoms with Crippen LogP contribution in [0.5, 0.6) is 0 Å². The van der Waals surface area contributed by atoms with Crippen LogP contribution in [-0.4, -0.2) is 36.2 Å². The van der Waals surface area contributed by atoms with E-state index in [0.717, 1.165) is 0 Å². The number of carbonyl (C=O) groups excluding carboxylic acids is 2. The van der Waals surface area contributed by atoms with Crippen LogP contribution >= 0.6 is 23.2 Å². The fourth-order valence-electron chi connectivity index (χ4n) is 2.21. The van der Waals surface area contributed by atoms with Crippen LogP contribution in [0.4, 0.5) is 0 Å². The maximum atomic E-state index is 12.1. The molecule has 4 nitrogen and oxygen atoms in total. The molecule has 1 atom stereocenters. The first-order valence-electron chi connectivity index (χ1n) is 5.97. The molecule has 1 aliphatic heterocycles. The van der Waals surface area contributed by atoms with Crippen LogP contribution in [0.15, 0.2) is 18.2 Å². The highest BCUT2D eigenvalue weighted by Crippen LogP contribution is 2.22. The first-order valence-corrected chi connectivity index (χ1v) is 6.73. The standard InChI is InChI=1S/C13H14Cl2N2O2/c14-9-1-2-10(11(15)5-9)12(18)7-17-4-3-8(6-17)13(16)19/h1-2,5,8H,3-4,6-7H2,(H2,16,19). The average molecular weight is 301 g/mol. The normalized spacial score (nSPS) is 19.6. The van der Waals surface area contributed by atoms with Gasteiger partial charge in [-0.2, -0.15) is 0 Å². The van der Waals surface area contributed by atoms with E-state index in [-0.39, 0.29) is 24.2 Å². The summed E-state index contributed by atoms with van der Waals surface area (Å²) in [5.74, 6) is -0.542. The number of halogens is 2. The van der Waals surface area contributed by atoms with Gasteiger partial charge in [0.25, 0.3) is 0 Å². The summed E-state index contributed by atoms with van der Waals surface area (Å²) in [6.07, 6.45) is 0.705. The van der Waals surface area contributed by atoms with Gasteiger partial charge < -0.3 is 5.73 Å². The minimum absolute atomic E-state index is 0.0770. The summed E-state index contributed by atoms with van der Waals surface area (Å²) >= 11 is 11.8. The average Bonchev–Trinajstić information content (AvgIpc) is 2.77. The van der Waals surface area contributed by atoms with Gasteiger partial charge in [-0.15, -0.1) is 0 Å². The Morgan fingerprint density at radius 3 is 2.68 bits per heavy atom. The van der Waals surface area contributed by atoms with Crippen molar-refractivity contribution in [2.75, 3.05) is 19.6 Å². The molecule has 0 aromatic heterocycles. The van der Waals surface area contributed by atoms with E-state index in [1.54, 1.807) is 18.2 Å². The Kier molecular flexibility index (Phi) is 4.45. The van der Waals surface area contributed by atoms with Gasteiger partial charge in [0.15, 0.2) is 5.78 Å². The highest BCUT2D eigenvalue weighted by atomic mass is 35.5. The number of nitrogens with zero attached hydrogens (tertiary/aromatic N) is 1. The number of Topliss-reactive ketones (excluding diaryl/α,β-unsaturated/α-hetero) is 1. The third-order valence-electron chi connectivity index (χ3n) is 3.27. The lowest BCUT2D eigenvalue weighted by Gasteiger charge is -2.14. The van der Waals surface area contributed by atoms with E-state index in [9.17, 15) is 9.59 Å². The minimum atomic E-state index is -0.306. The summed E-state index contributed by atoms with van der Waals surface area (Å²) in [4.78, 5) is 25.1. The Morgan fingerprint density at radius 2 is 2.11 bits per heavy atom. The fourth-order valence-corrected chi connectivity index (χ4v) is 2.73. The summed E-state index contributed by atoms with van der Waals surface area (Å²) < 4.78 is 0. The Balaban J connectivity index is 2.00. The summed E-state index contributed by atoms with van der Waals surface area (Å²) in [7, 11) is 0. The second kappa shape index (κ2) is 5.90. The predicted octanol–water partition coefficient (Wildman–Crippen LogP) is 1.98. The molecular weight excluding hydrogens is 287 g/mol. The van der Waals surface area contributed by atoms with E-state index >= 15 is 0 Å². The van der Waals surface area contributed by atoms with Gasteiger partial charge in [0.1, 0.15) is 0 Å². The van der Waals surface area contributed by atoms with E-state index in [1.807, 2.05) is 4.90 Å². The molecule has 0 radical (unpaired) electrons. The van der Waals surface area contributed by atoms with Gasteiger partial charge in [0, 0.05) is 17.1 Å². The Bertz CT molecular complexity index is 519. The van der Waals surface area contributed by atoms with Gasteiger partial charge in [-0.25, -0.2) is 0 Å². The maximum Gasteiger partial charge on any atom is 0.221 e. The molecule has 0 spiro atoms. The largest absolute Gasteiger partial charge is 0.369 e. The molecule has 1 aliphatic rings. The second-order valence-electron chi connectivity index (χ2n) is 4.67. The van der Waals surface area contributed by atoms with Crippen molar-refractivity contribution < 1.29 is 9.59 Å². The first kappa shape index (κ1) is 14.3. The number of carbonyl (C=O) groups is 2. The van der Waals surface area contributed by atoms with Crippen molar-refractivity contribution in [2.45, 2.75) is 6.42 Å². The van der Waals surface area contributed by atoms with Crippen LogP contribution in [0.1, 0.15) is 16.8 Å². The Morgan fingerprint density at radius 1 is 1.37 bits per heavy atom. The molecule has 1 fully saturated rings. The number of rotatable bonds is 4. The molecule has 1 aromatic rings. The van der Waals surface area contributed by atoms with Crippen molar-refractivity contribution >= 4 is 34.9 Å². The van der Waals surface area contributed by atoms with Gasteiger partial charge in [-0.05, 0) is 31.2 Å². The number of amides is 1. The molecule has 1 unspecified atom stereocenters. The van der Waals surface area contributed by atoms with E-state index in [4.69, 9.17) is 28.9 Å². The van der Waals surface area contributed by atoms with Crippen LogP contribution in [0.25, 0.3) is 0 Å². The number of likely N-dealkylation sites (tertiary alicyclic amines) is 1. The maximum absolute atomic E-state index is 12.1. The summed E-state index contributed by atoms with van der Waals surface area (Å²) in [6.45, 7) is 1.47. The monoisotopic (exact) mass is 300 g/mol. The van der Waals surface area contributed by atoms with E-state index in [1.165, 1.54) is 0 Å². The molecule has 1 saturated heterocycles. The van der Waals surface area contributed by atoms with Crippen molar-refractivity contribution in [3.8, 4) is 0 Å². The molecule has 0 saturated carbocycles. The summed E-state index contributed by atoms with van der Waals surface area (Å²) in [5.41, 5.74) is 5.71. The highest BCUT2D eigenvalue weighted by molar-refractivity contribution is 6.36. The second-order valence-corrected chi connectivity index (χ2v) is 5.51. The highest BCUT2D eigenvalue weighted by Gasteiger charge is 2.28. The van der Waals surface area contributed by atoms with E-state index in [0.29, 0.717) is 35.1 Å². The van der Waals surface area contributed by atoms with Gasteiger partial charge >= 0.3 is 0 Å². The molecule has 2 N–H and O–H groups in total. The smallest absolute Gasteiger partial charge is 0.221 e. The predicted molar refractivity (Wildman–Crippen MR) is 74.5 cm³/mol. The van der Waals surface area contributed by atoms with Crippen LogP contribution in [0, 0.1) is 5.92 Å². The third kappa shape index (κ3) is 3.47. The minimum Gasteiger partial charge on any atom is -0.369 e. The number of primary amides is 1. The summed E-state index contributed by atoms with van der Waals surface area (Å²) in [5, 5.41) is 0.847. The van der Waals surface area contributed by atoms with Crippen LogP contribution < -0.4 is 5.73 Å². The zero-order valence-electron chi connectivity index (χ0n) is 10.2. The van der Waals surface area contributed by atoms with Crippen LogP contribution in [-0.2, 0) is 4.79 Å². The molecule has 19 heavy (non-hydrogen) atoms. The Labute approximate surface area is 121 Å². The molecular formula is C13H14Cl2N2O2. The van der Waals surface area contributed by atoms with Crippen LogP contribution in [0.3, 0.4) is 0 Å². The topological polar surface area (TPSA) is 63.4 Å². The summed E-state index contributed by atoms with van der Waals surface area (Å²) in [6, 6.07) is 4.80. The number of hydrogen-bond acceptors (Lipinski definition) is 3. The van der Waals surface area contributed by atoms with E-state index in [2.05, 4.69) is 0 Å². The zero-order valence-corrected chi connectivity index (χ0v) is 11.7. The molecule has 1 aromatic carbocycles. The molecule has 0 bridgehead atoms. The molecule has 1 heterocycles. The molecule has 2 rings (SSSR count). The van der Waals surface area contributed by atoms with Crippen LogP contribution in [0.2, 0.25) is 10.0 Å². The van der Waals surface area contributed by atoms with Crippen molar-refractivity contribution in [2.24, 2.45) is 11.7 Å². The zero-order chi connectivity index (χ0) is 14.0. The number of ketones is 1. The SMILES string of the molecule is NC(=O)C1CCN(CC(=O)c2ccc(Cl)cc2Cl)C1. The van der Waals surface area contributed by atoms with Gasteiger partial charge in [-0.1, -0.05) is 23.2 Å². The number of hydrogen-bond donors (Lipinski definition) is 1. The first-order chi connectivity index (χ1) is 8.97. The number of nitrogens with two attached hydrogens (primary N) is 1. The quantitative estimate of drug-likeness (QED) is 0.865. The molecule has 6 heteroatoms. The molecule has 1 amide bonds. The lowest BCUT2D eigenvalue weighted by molar-refractivity contribution is -0.121. The van der Waals surface area contributed by atoms with Crippen molar-refractivity contribution in [3.63, 3.8) is 0 Å². The Hall–Kier alpha value is -1.10. The van der Waals surface area contributed by atoms with Crippen molar-refractivity contribution in [3.05, 3.63) is 33.8 Å². The van der Waals surface area contributed by atoms with Crippen molar-refractivity contribution in [1.82, 2.24) is 4.90 Å². The van der Waals surface area contributed by atoms with Crippen molar-refractivity contribution in [1.29, 1.82) is 0 Å². The lowest BCUT2D eigenvalue weighted by atomic mass is 10.1. The van der Waals surface area contributed by atoms with Gasteiger partial charge in [0.2, 0.25) is 5.91 Å². The number of benzene rings is 1. The van der Waals surface area contributed by atoms with Gasteiger partial charge in [-0.3, -0.25) is 14.5 Å².